The number of halogens is 4. The van der Waals surface area contributed by atoms with Crippen molar-refractivity contribution in [2.75, 3.05) is 13.7 Å². The average molecular weight is 486 g/mol. The molecule has 0 aromatic heterocycles. The van der Waals surface area contributed by atoms with E-state index in [-0.39, 0.29) is 12.4 Å². The lowest BCUT2D eigenvalue weighted by molar-refractivity contribution is 0.191. The smallest absolute Gasteiger partial charge is 0.175 e. The zero-order valence-corrected chi connectivity index (χ0v) is 18.3. The topological polar surface area (TPSA) is 50.7 Å². The number of benzene rings is 2. The fourth-order valence-electron chi connectivity index (χ4n) is 2.23. The molecule has 2 aromatic rings. The Kier molecular flexibility index (Phi) is 10.1. The number of aliphatic hydroxyl groups is 1. The first kappa shape index (κ1) is 23.3. The van der Waals surface area contributed by atoms with Gasteiger partial charge in [-0.2, -0.15) is 0 Å². The highest BCUT2D eigenvalue weighted by Crippen LogP contribution is 2.37. The highest BCUT2D eigenvalue weighted by molar-refractivity contribution is 9.10. The fourth-order valence-corrected chi connectivity index (χ4v) is 3.30. The van der Waals surface area contributed by atoms with E-state index in [9.17, 15) is 5.11 Å². The summed E-state index contributed by atoms with van der Waals surface area (Å²) in [5.41, 5.74) is 1.85. The summed E-state index contributed by atoms with van der Waals surface area (Å²) in [7, 11) is 1.59. The first-order valence-electron chi connectivity index (χ1n) is 7.72. The minimum Gasteiger partial charge on any atom is -0.493 e. The Hall–Kier alpha value is -0.690. The molecule has 2 N–H and O–H groups in total. The molecule has 0 aliphatic heterocycles. The van der Waals surface area contributed by atoms with Gasteiger partial charge in [0.25, 0.3) is 0 Å². The van der Waals surface area contributed by atoms with Crippen LogP contribution in [0.25, 0.3) is 0 Å². The summed E-state index contributed by atoms with van der Waals surface area (Å²) in [4.78, 5) is 0. The normalized spacial score (nSPS) is 11.6. The second-order valence-corrected chi connectivity index (χ2v) is 7.31. The summed E-state index contributed by atoms with van der Waals surface area (Å²) in [6.45, 7) is 3.17. The first-order valence-corrected chi connectivity index (χ1v) is 9.27. The molecule has 26 heavy (non-hydrogen) atoms. The maximum absolute atomic E-state index is 9.31. The summed E-state index contributed by atoms with van der Waals surface area (Å²) in [5, 5.41) is 13.6. The van der Waals surface area contributed by atoms with E-state index >= 15 is 0 Å². The zero-order valence-electron chi connectivity index (χ0n) is 14.4. The highest BCUT2D eigenvalue weighted by Gasteiger charge is 2.13. The van der Waals surface area contributed by atoms with Gasteiger partial charge in [0.1, 0.15) is 6.61 Å². The molecule has 2 rings (SSSR count). The van der Waals surface area contributed by atoms with Crippen molar-refractivity contribution in [2.24, 2.45) is 0 Å². The van der Waals surface area contributed by atoms with Crippen LogP contribution in [0.3, 0.4) is 0 Å². The molecule has 0 aliphatic rings. The summed E-state index contributed by atoms with van der Waals surface area (Å²) in [6, 6.07) is 9.15. The monoisotopic (exact) mass is 483 g/mol. The van der Waals surface area contributed by atoms with Gasteiger partial charge in [-0.1, -0.05) is 29.3 Å². The van der Waals surface area contributed by atoms with E-state index in [1.54, 1.807) is 26.2 Å². The van der Waals surface area contributed by atoms with Crippen LogP contribution in [0.4, 0.5) is 0 Å². The molecule has 0 bridgehead atoms. The molecule has 4 nitrogen and oxygen atoms in total. The highest BCUT2D eigenvalue weighted by atomic mass is 79.9. The van der Waals surface area contributed by atoms with E-state index in [4.69, 9.17) is 32.7 Å². The van der Waals surface area contributed by atoms with Crippen LogP contribution < -0.4 is 14.8 Å². The van der Waals surface area contributed by atoms with Crippen LogP contribution >= 0.6 is 51.5 Å². The van der Waals surface area contributed by atoms with Crippen molar-refractivity contribution in [2.45, 2.75) is 26.2 Å². The molecule has 8 heteroatoms. The van der Waals surface area contributed by atoms with Crippen molar-refractivity contribution in [1.29, 1.82) is 0 Å². The van der Waals surface area contributed by atoms with Gasteiger partial charge in [-0.15, -0.1) is 12.4 Å². The molecule has 1 atom stereocenters. The number of ether oxygens (including phenoxy) is 2. The number of hydrogen-bond donors (Lipinski definition) is 2. The Morgan fingerprint density at radius 1 is 1.23 bits per heavy atom. The summed E-state index contributed by atoms with van der Waals surface area (Å²) in [6.07, 6.45) is -0.392. The summed E-state index contributed by atoms with van der Waals surface area (Å²) >= 11 is 15.6. The van der Waals surface area contributed by atoms with Gasteiger partial charge in [0, 0.05) is 28.7 Å². The van der Waals surface area contributed by atoms with Crippen LogP contribution in [-0.2, 0) is 13.2 Å². The second kappa shape index (κ2) is 11.2. The Morgan fingerprint density at radius 2 is 1.96 bits per heavy atom. The van der Waals surface area contributed by atoms with Gasteiger partial charge in [-0.05, 0) is 52.7 Å². The van der Waals surface area contributed by atoms with Crippen LogP contribution in [0.2, 0.25) is 10.0 Å². The summed E-state index contributed by atoms with van der Waals surface area (Å²) in [5.74, 6) is 1.22. The van der Waals surface area contributed by atoms with Crippen LogP contribution in [0.5, 0.6) is 11.5 Å². The van der Waals surface area contributed by atoms with E-state index in [1.165, 1.54) is 0 Å². The molecule has 0 saturated carbocycles. The molecule has 0 aliphatic carbocycles. The maximum Gasteiger partial charge on any atom is 0.175 e. The van der Waals surface area contributed by atoms with Crippen molar-refractivity contribution >= 4 is 51.5 Å². The third kappa shape index (κ3) is 6.80. The average Bonchev–Trinajstić information content (AvgIpc) is 2.54. The maximum atomic E-state index is 9.31. The molecule has 1 unspecified atom stereocenters. The molecule has 0 heterocycles. The molecule has 0 spiro atoms. The predicted octanol–water partition coefficient (Wildman–Crippen LogP) is 5.24. The van der Waals surface area contributed by atoms with Crippen molar-refractivity contribution in [1.82, 2.24) is 5.32 Å². The molecule has 0 amide bonds. The Bertz CT molecular complexity index is 729. The molecule has 2 aromatic carbocycles. The lowest BCUT2D eigenvalue weighted by Gasteiger charge is -2.15. The quantitative estimate of drug-likeness (QED) is 0.537. The van der Waals surface area contributed by atoms with E-state index in [1.807, 2.05) is 18.2 Å². The SMILES string of the molecule is COc1cc(CNCC(C)O)cc(Br)c1OCc1ccc(Cl)cc1Cl.Cl. The van der Waals surface area contributed by atoms with Crippen molar-refractivity contribution in [3.63, 3.8) is 0 Å². The molecule has 0 radical (unpaired) electrons. The van der Waals surface area contributed by atoms with Crippen LogP contribution in [0.1, 0.15) is 18.1 Å². The lowest BCUT2D eigenvalue weighted by Crippen LogP contribution is -2.23. The van der Waals surface area contributed by atoms with Gasteiger partial charge < -0.3 is 19.9 Å². The van der Waals surface area contributed by atoms with Crippen LogP contribution in [0, 0.1) is 0 Å². The van der Waals surface area contributed by atoms with E-state index < -0.39 is 6.10 Å². The Labute approximate surface area is 178 Å². The van der Waals surface area contributed by atoms with Gasteiger partial charge in [0.2, 0.25) is 0 Å². The van der Waals surface area contributed by atoms with Gasteiger partial charge in [0.15, 0.2) is 11.5 Å². The molecule has 0 saturated heterocycles. The van der Waals surface area contributed by atoms with Gasteiger partial charge in [0.05, 0.1) is 17.7 Å². The number of aliphatic hydroxyl groups excluding tert-OH is 1. The standard InChI is InChI=1S/C18H20BrCl2NO3.ClH/c1-11(23)8-22-9-12-5-15(19)18(17(6-12)24-2)25-10-13-3-4-14(20)7-16(13)21;/h3-7,11,22-23H,8-10H2,1-2H3;1H. The van der Waals surface area contributed by atoms with Gasteiger partial charge >= 0.3 is 0 Å². The second-order valence-electron chi connectivity index (χ2n) is 5.61. The molecular formula is C18H21BrCl3NO3. The molecular weight excluding hydrogens is 464 g/mol. The molecule has 0 fully saturated rings. The van der Waals surface area contributed by atoms with Crippen LogP contribution in [-0.4, -0.2) is 24.9 Å². The third-order valence-corrected chi connectivity index (χ3v) is 4.62. The van der Waals surface area contributed by atoms with E-state index in [0.29, 0.717) is 41.2 Å². The number of hydrogen-bond acceptors (Lipinski definition) is 4. The Morgan fingerprint density at radius 3 is 2.58 bits per heavy atom. The number of methoxy groups -OCH3 is 1. The first-order chi connectivity index (χ1) is 11.9. The predicted molar refractivity (Wildman–Crippen MR) is 112 cm³/mol. The number of nitrogens with one attached hydrogen (secondary N) is 1. The minimum absolute atomic E-state index is 0. The Balaban J connectivity index is 0.00000338. The molecule has 144 valence electrons. The van der Waals surface area contributed by atoms with Crippen molar-refractivity contribution in [3.8, 4) is 11.5 Å². The van der Waals surface area contributed by atoms with Crippen molar-refractivity contribution in [3.05, 3.63) is 56.0 Å². The minimum atomic E-state index is -0.392. The zero-order chi connectivity index (χ0) is 18.4. The van der Waals surface area contributed by atoms with Gasteiger partial charge in [-0.25, -0.2) is 0 Å². The van der Waals surface area contributed by atoms with E-state index in [0.717, 1.165) is 15.6 Å². The lowest BCUT2D eigenvalue weighted by atomic mass is 10.2. The van der Waals surface area contributed by atoms with Crippen molar-refractivity contribution < 1.29 is 14.6 Å². The van der Waals surface area contributed by atoms with E-state index in [2.05, 4.69) is 21.2 Å². The fraction of sp³-hybridized carbons (Fsp3) is 0.333. The van der Waals surface area contributed by atoms with Crippen LogP contribution in [0.15, 0.2) is 34.8 Å². The summed E-state index contributed by atoms with van der Waals surface area (Å²) < 4.78 is 12.1. The largest absolute Gasteiger partial charge is 0.493 e. The third-order valence-electron chi connectivity index (χ3n) is 3.45. The number of rotatable bonds is 8. The van der Waals surface area contributed by atoms with Gasteiger partial charge in [-0.3, -0.25) is 0 Å².